The van der Waals surface area contributed by atoms with Gasteiger partial charge in [-0.25, -0.2) is 9.59 Å². The van der Waals surface area contributed by atoms with Gasteiger partial charge in [-0.1, -0.05) is 30.3 Å². The van der Waals surface area contributed by atoms with Crippen molar-refractivity contribution < 1.29 is 23.8 Å². The van der Waals surface area contributed by atoms with Crippen molar-refractivity contribution in [1.29, 1.82) is 5.26 Å². The summed E-state index contributed by atoms with van der Waals surface area (Å²) in [4.78, 5) is 40.7. The van der Waals surface area contributed by atoms with Crippen molar-refractivity contribution in [3.05, 3.63) is 71.2 Å². The van der Waals surface area contributed by atoms with Crippen molar-refractivity contribution in [1.82, 2.24) is 24.3 Å². The summed E-state index contributed by atoms with van der Waals surface area (Å²) in [6.45, 7) is 7.60. The summed E-state index contributed by atoms with van der Waals surface area (Å²) in [7, 11) is 1.94. The van der Waals surface area contributed by atoms with Gasteiger partial charge in [-0.15, -0.1) is 0 Å². The van der Waals surface area contributed by atoms with E-state index in [0.717, 1.165) is 16.8 Å². The molecule has 4 heterocycles. The molecule has 0 aliphatic carbocycles. The molecular formula is C31H37N7O5. The van der Waals surface area contributed by atoms with Crippen LogP contribution in [0.15, 0.2) is 48.7 Å². The Balaban J connectivity index is 1.36. The van der Waals surface area contributed by atoms with Crippen molar-refractivity contribution in [3.8, 4) is 12.1 Å². The van der Waals surface area contributed by atoms with Crippen molar-refractivity contribution in [3.63, 3.8) is 0 Å². The molecule has 0 saturated carbocycles. The molecule has 1 saturated heterocycles. The highest BCUT2D eigenvalue weighted by molar-refractivity contribution is 5.71. The minimum absolute atomic E-state index is 0.130. The summed E-state index contributed by atoms with van der Waals surface area (Å²) < 4.78 is 19.2. The molecule has 12 nitrogen and oxygen atoms in total. The van der Waals surface area contributed by atoms with E-state index in [2.05, 4.69) is 11.1 Å². The second-order valence-electron chi connectivity index (χ2n) is 11.7. The molecule has 2 amide bonds. The predicted molar refractivity (Wildman–Crippen MR) is 157 cm³/mol. The van der Waals surface area contributed by atoms with E-state index >= 15 is 0 Å². The minimum atomic E-state index is -0.639. The number of anilines is 1. The Kier molecular flexibility index (Phi) is 8.71. The lowest BCUT2D eigenvalue weighted by atomic mass is 10.1. The van der Waals surface area contributed by atoms with Crippen LogP contribution in [0.25, 0.3) is 0 Å². The van der Waals surface area contributed by atoms with Gasteiger partial charge in [-0.3, -0.25) is 4.90 Å². The molecule has 12 heteroatoms. The van der Waals surface area contributed by atoms with Gasteiger partial charge in [0.15, 0.2) is 0 Å². The Morgan fingerprint density at radius 2 is 1.81 bits per heavy atom. The van der Waals surface area contributed by atoms with Crippen molar-refractivity contribution >= 4 is 18.0 Å². The molecule has 1 atom stereocenters. The number of benzene rings is 1. The number of carbonyl (C=O) groups is 2. The van der Waals surface area contributed by atoms with Gasteiger partial charge in [0.05, 0.1) is 43.0 Å². The van der Waals surface area contributed by atoms with Gasteiger partial charge in [0.2, 0.25) is 0 Å². The lowest BCUT2D eigenvalue weighted by Crippen LogP contribution is -2.55. The van der Waals surface area contributed by atoms with Crippen LogP contribution in [0.4, 0.5) is 15.4 Å². The molecule has 226 valence electrons. The number of ether oxygens (including phenoxy) is 3. The molecule has 0 unspecified atom stereocenters. The predicted octanol–water partition coefficient (Wildman–Crippen LogP) is 4.39. The highest BCUT2D eigenvalue weighted by Gasteiger charge is 2.37. The van der Waals surface area contributed by atoms with Gasteiger partial charge in [0.1, 0.15) is 24.6 Å². The number of hydrogen-bond acceptors (Lipinski definition) is 9. The Labute approximate surface area is 251 Å². The first-order chi connectivity index (χ1) is 20.6. The zero-order valence-corrected chi connectivity index (χ0v) is 25.0. The number of amides is 2. The van der Waals surface area contributed by atoms with Gasteiger partial charge in [-0.05, 0) is 38.5 Å². The van der Waals surface area contributed by atoms with Gasteiger partial charge < -0.3 is 28.6 Å². The Morgan fingerprint density at radius 1 is 1.02 bits per heavy atom. The van der Waals surface area contributed by atoms with Crippen LogP contribution in [-0.4, -0.2) is 67.8 Å². The normalized spacial score (nSPS) is 16.4. The summed E-state index contributed by atoms with van der Waals surface area (Å²) in [5.41, 5.74) is 2.69. The van der Waals surface area contributed by atoms with Crippen LogP contribution >= 0.6 is 0 Å². The molecule has 43 heavy (non-hydrogen) atoms. The van der Waals surface area contributed by atoms with E-state index < -0.39 is 23.8 Å². The lowest BCUT2D eigenvalue weighted by Gasteiger charge is -2.40. The summed E-state index contributed by atoms with van der Waals surface area (Å²) in [5, 5.41) is 9.60. The minimum Gasteiger partial charge on any atom is -0.457 e. The lowest BCUT2D eigenvalue weighted by molar-refractivity contribution is 0.0240. The average molecular weight is 588 g/mol. The van der Waals surface area contributed by atoms with E-state index in [4.69, 9.17) is 19.2 Å². The fourth-order valence-corrected chi connectivity index (χ4v) is 5.15. The first-order valence-corrected chi connectivity index (χ1v) is 14.3. The molecule has 0 N–H and O–H groups in total. The van der Waals surface area contributed by atoms with Crippen molar-refractivity contribution in [2.45, 2.75) is 65.1 Å². The maximum Gasteiger partial charge on any atom is 0.410 e. The molecule has 1 fully saturated rings. The summed E-state index contributed by atoms with van der Waals surface area (Å²) >= 11 is 0. The largest absolute Gasteiger partial charge is 0.457 e. The zero-order valence-electron chi connectivity index (χ0n) is 25.0. The molecule has 0 radical (unpaired) electrons. The molecule has 1 aromatic carbocycles. The monoisotopic (exact) mass is 587 g/mol. The standard InChI is InChI=1S/C31H37N7O5/c1-31(2,3)43-29(39)37-18-25-26(19-37)33-28(41-21-24-11-8-14-35(24)4)34-27(25)36-15-16-38(23(17-36)12-13-32)30(40)42-20-22-9-6-5-7-10-22/h5-11,14,23H,12,15-21H2,1-4H3/t23-/m0/s1. The van der Waals surface area contributed by atoms with Crippen molar-refractivity contribution in [2.24, 2.45) is 7.05 Å². The average Bonchev–Trinajstić information content (AvgIpc) is 3.60. The first kappa shape index (κ1) is 29.7. The van der Waals surface area contributed by atoms with Crippen LogP contribution in [0.1, 0.15) is 49.7 Å². The van der Waals surface area contributed by atoms with Crippen molar-refractivity contribution in [2.75, 3.05) is 24.5 Å². The summed E-state index contributed by atoms with van der Waals surface area (Å²) in [5.74, 6) is 0.623. The smallest absolute Gasteiger partial charge is 0.410 e. The number of aromatic nitrogens is 3. The van der Waals surface area contributed by atoms with Crippen LogP contribution < -0.4 is 9.64 Å². The number of nitrogens with zero attached hydrogens (tertiary/aromatic N) is 7. The molecular weight excluding hydrogens is 550 g/mol. The van der Waals surface area contributed by atoms with E-state index in [-0.39, 0.29) is 38.7 Å². The quantitative estimate of drug-likeness (QED) is 0.396. The number of fused-ring (bicyclic) bond motifs is 1. The van der Waals surface area contributed by atoms with E-state index in [1.165, 1.54) is 0 Å². The summed E-state index contributed by atoms with van der Waals surface area (Å²) in [6, 6.07) is 15.4. The number of hydrogen-bond donors (Lipinski definition) is 0. The highest BCUT2D eigenvalue weighted by Crippen LogP contribution is 2.33. The first-order valence-electron chi connectivity index (χ1n) is 14.3. The SMILES string of the molecule is Cn1cccc1COc1nc2c(c(N3CCN(C(=O)OCc4ccccc4)[C@@H](CC#N)C3)n1)CN(C(=O)OC(C)(C)C)C2. The van der Waals surface area contributed by atoms with Crippen LogP contribution in [0, 0.1) is 11.3 Å². The molecule has 2 aliphatic rings. The van der Waals surface area contributed by atoms with Crippen LogP contribution in [0.3, 0.4) is 0 Å². The maximum absolute atomic E-state index is 13.1. The van der Waals surface area contributed by atoms with Gasteiger partial charge in [-0.2, -0.15) is 15.2 Å². The van der Waals surface area contributed by atoms with E-state index in [9.17, 15) is 14.9 Å². The zero-order chi connectivity index (χ0) is 30.6. The van der Waals surface area contributed by atoms with Crippen LogP contribution in [0.5, 0.6) is 6.01 Å². The number of nitriles is 1. The third-order valence-corrected chi connectivity index (χ3v) is 7.34. The maximum atomic E-state index is 13.1. The molecule has 2 aromatic heterocycles. The third kappa shape index (κ3) is 7.17. The third-order valence-electron chi connectivity index (χ3n) is 7.34. The number of aryl methyl sites for hydroxylation is 1. The molecule has 3 aromatic rings. The van der Waals surface area contributed by atoms with E-state index in [1.807, 2.05) is 85.9 Å². The van der Waals surface area contributed by atoms with Gasteiger partial charge in [0.25, 0.3) is 0 Å². The number of carbonyl (C=O) groups excluding carboxylic acids is 2. The second kappa shape index (κ2) is 12.6. The van der Waals surface area contributed by atoms with Gasteiger partial charge >= 0.3 is 18.2 Å². The van der Waals surface area contributed by atoms with Crippen LogP contribution in [-0.2, 0) is 42.8 Å². The molecule has 2 aliphatic heterocycles. The Morgan fingerprint density at radius 3 is 2.51 bits per heavy atom. The molecule has 0 bridgehead atoms. The Hall–Kier alpha value is -4.79. The topological polar surface area (TPSA) is 126 Å². The molecule has 5 rings (SSSR count). The number of rotatable bonds is 7. The number of piperazine rings is 1. The van der Waals surface area contributed by atoms with E-state index in [1.54, 1.807) is 9.80 Å². The van der Waals surface area contributed by atoms with E-state index in [0.29, 0.717) is 31.1 Å². The second-order valence-corrected chi connectivity index (χ2v) is 11.7. The fourth-order valence-electron chi connectivity index (χ4n) is 5.15. The Bertz CT molecular complexity index is 1490. The summed E-state index contributed by atoms with van der Waals surface area (Å²) in [6.07, 6.45) is 1.17. The van der Waals surface area contributed by atoms with Crippen LogP contribution in [0.2, 0.25) is 0 Å². The fraction of sp³-hybridized carbons (Fsp3) is 0.452. The molecule has 0 spiro atoms. The highest BCUT2D eigenvalue weighted by atomic mass is 16.6. The van der Waals surface area contributed by atoms with Gasteiger partial charge in [0, 0.05) is 38.4 Å².